The molecule has 0 radical (unpaired) electrons. The van der Waals surface area contributed by atoms with E-state index in [0.29, 0.717) is 12.5 Å². The highest BCUT2D eigenvalue weighted by molar-refractivity contribution is 5.14. The Morgan fingerprint density at radius 3 is 2.47 bits per heavy atom. The predicted molar refractivity (Wildman–Crippen MR) is 71.7 cm³/mol. The van der Waals surface area contributed by atoms with Gasteiger partial charge in [0.15, 0.2) is 0 Å². The maximum Gasteiger partial charge on any atom is 0.0635 e. The lowest BCUT2D eigenvalue weighted by molar-refractivity contribution is 0.224. The van der Waals surface area contributed by atoms with Gasteiger partial charge >= 0.3 is 0 Å². The van der Waals surface area contributed by atoms with E-state index in [1.54, 1.807) is 0 Å². The first-order valence-corrected chi connectivity index (χ1v) is 6.39. The van der Waals surface area contributed by atoms with Gasteiger partial charge in [-0.1, -0.05) is 30.3 Å². The highest BCUT2D eigenvalue weighted by atomic mass is 15.1. The second-order valence-corrected chi connectivity index (χ2v) is 4.63. The van der Waals surface area contributed by atoms with Crippen LogP contribution in [0.2, 0.25) is 0 Å². The van der Waals surface area contributed by atoms with Crippen LogP contribution in [-0.2, 0) is 6.42 Å². The molecule has 0 saturated carbocycles. The van der Waals surface area contributed by atoms with Crippen LogP contribution in [0.3, 0.4) is 0 Å². The van der Waals surface area contributed by atoms with Gasteiger partial charge in [-0.15, -0.1) is 0 Å². The fourth-order valence-electron chi connectivity index (χ4n) is 1.95. The lowest BCUT2D eigenvalue weighted by Crippen LogP contribution is -2.32. The lowest BCUT2D eigenvalue weighted by Gasteiger charge is -2.25. The molecule has 17 heavy (non-hydrogen) atoms. The van der Waals surface area contributed by atoms with Gasteiger partial charge in [-0.05, 0) is 38.8 Å². The van der Waals surface area contributed by atoms with Gasteiger partial charge in [0.25, 0.3) is 0 Å². The summed E-state index contributed by atoms with van der Waals surface area (Å²) in [6.45, 7) is 6.36. The van der Waals surface area contributed by atoms with Gasteiger partial charge in [-0.25, -0.2) is 0 Å². The smallest absolute Gasteiger partial charge is 0.0635 e. The number of hydrogen-bond acceptors (Lipinski definition) is 2. The molecular formula is C15H22N2. The molecule has 0 aliphatic carbocycles. The van der Waals surface area contributed by atoms with Gasteiger partial charge in [0.2, 0.25) is 0 Å². The molecule has 0 aromatic heterocycles. The minimum Gasteiger partial charge on any atom is -0.300 e. The van der Waals surface area contributed by atoms with Crippen molar-refractivity contribution in [2.75, 3.05) is 13.1 Å². The number of rotatable bonds is 7. The van der Waals surface area contributed by atoms with Crippen LogP contribution >= 0.6 is 0 Å². The third kappa shape index (κ3) is 5.51. The van der Waals surface area contributed by atoms with E-state index in [4.69, 9.17) is 5.26 Å². The fourth-order valence-corrected chi connectivity index (χ4v) is 1.95. The Balaban J connectivity index is 2.30. The van der Waals surface area contributed by atoms with Crippen LogP contribution in [0.25, 0.3) is 0 Å². The average Bonchev–Trinajstić information content (AvgIpc) is 2.34. The van der Waals surface area contributed by atoms with Crippen molar-refractivity contribution < 1.29 is 0 Å². The van der Waals surface area contributed by atoms with E-state index in [9.17, 15) is 0 Å². The molecule has 0 spiro atoms. The molecule has 0 heterocycles. The Labute approximate surface area is 105 Å². The van der Waals surface area contributed by atoms with Crippen LogP contribution in [0.15, 0.2) is 30.3 Å². The highest BCUT2D eigenvalue weighted by Gasteiger charge is 2.08. The monoisotopic (exact) mass is 230 g/mol. The molecule has 1 aromatic carbocycles. The molecule has 0 N–H and O–H groups in total. The third-order valence-electron chi connectivity index (χ3n) is 2.99. The molecular weight excluding hydrogens is 208 g/mol. The van der Waals surface area contributed by atoms with E-state index in [2.05, 4.69) is 55.1 Å². The number of benzene rings is 1. The maximum atomic E-state index is 8.62. The van der Waals surface area contributed by atoms with E-state index >= 15 is 0 Å². The largest absolute Gasteiger partial charge is 0.300 e. The molecule has 0 bridgehead atoms. The topological polar surface area (TPSA) is 27.0 Å². The second kappa shape index (κ2) is 7.86. The van der Waals surface area contributed by atoms with E-state index in [-0.39, 0.29) is 0 Å². The summed E-state index contributed by atoms with van der Waals surface area (Å²) in [6, 6.07) is 13.3. The van der Waals surface area contributed by atoms with E-state index in [1.807, 2.05) is 0 Å². The van der Waals surface area contributed by atoms with Crippen molar-refractivity contribution >= 4 is 0 Å². The first kappa shape index (κ1) is 13.7. The summed E-state index contributed by atoms with van der Waals surface area (Å²) in [5.41, 5.74) is 1.40. The maximum absolute atomic E-state index is 8.62. The number of nitrogens with zero attached hydrogens (tertiary/aromatic N) is 2. The summed E-state index contributed by atoms with van der Waals surface area (Å²) in [7, 11) is 0. The van der Waals surface area contributed by atoms with Crippen molar-refractivity contribution in [2.24, 2.45) is 0 Å². The van der Waals surface area contributed by atoms with E-state index in [0.717, 1.165) is 25.9 Å². The molecule has 92 valence electrons. The summed E-state index contributed by atoms with van der Waals surface area (Å²) < 4.78 is 0. The Morgan fingerprint density at radius 2 is 1.88 bits per heavy atom. The molecule has 0 amide bonds. The third-order valence-corrected chi connectivity index (χ3v) is 2.99. The van der Waals surface area contributed by atoms with Crippen molar-refractivity contribution in [3.8, 4) is 6.07 Å². The zero-order valence-electron chi connectivity index (χ0n) is 10.9. The minimum absolute atomic E-state index is 0.527. The van der Waals surface area contributed by atoms with Crippen LogP contribution in [0.5, 0.6) is 0 Å². The summed E-state index contributed by atoms with van der Waals surface area (Å²) in [4.78, 5) is 2.38. The molecule has 0 fully saturated rings. The minimum atomic E-state index is 0.527. The van der Waals surface area contributed by atoms with Crippen LogP contribution < -0.4 is 0 Å². The summed E-state index contributed by atoms with van der Waals surface area (Å²) in [5, 5.41) is 8.62. The summed E-state index contributed by atoms with van der Waals surface area (Å²) >= 11 is 0. The molecule has 0 unspecified atom stereocenters. The van der Waals surface area contributed by atoms with Crippen molar-refractivity contribution in [2.45, 2.75) is 39.2 Å². The normalized spacial score (nSPS) is 10.8. The van der Waals surface area contributed by atoms with E-state index in [1.165, 1.54) is 5.56 Å². The Kier molecular flexibility index (Phi) is 6.35. The van der Waals surface area contributed by atoms with Crippen LogP contribution in [-0.4, -0.2) is 24.0 Å². The molecule has 0 aliphatic rings. The molecule has 1 aromatic rings. The fraction of sp³-hybridized carbons (Fsp3) is 0.533. The standard InChI is InChI=1S/C15H22N2/c1-14(2)17(13-7-11-16)12-6-10-15-8-4-3-5-9-15/h3-5,8-9,14H,6-7,10,12-13H2,1-2H3. The van der Waals surface area contributed by atoms with Gasteiger partial charge in [-0.2, -0.15) is 5.26 Å². The van der Waals surface area contributed by atoms with Crippen LogP contribution in [0, 0.1) is 11.3 Å². The average molecular weight is 230 g/mol. The molecule has 0 aliphatic heterocycles. The number of hydrogen-bond donors (Lipinski definition) is 0. The van der Waals surface area contributed by atoms with Gasteiger partial charge in [0.05, 0.1) is 6.07 Å². The number of nitriles is 1. The predicted octanol–water partition coefficient (Wildman–Crippen LogP) is 3.24. The Hall–Kier alpha value is -1.33. The van der Waals surface area contributed by atoms with Crippen LogP contribution in [0.1, 0.15) is 32.3 Å². The van der Waals surface area contributed by atoms with E-state index < -0.39 is 0 Å². The molecule has 2 heteroatoms. The lowest BCUT2D eigenvalue weighted by atomic mass is 10.1. The van der Waals surface area contributed by atoms with Crippen molar-refractivity contribution in [1.82, 2.24) is 4.90 Å². The van der Waals surface area contributed by atoms with Gasteiger partial charge in [-0.3, -0.25) is 4.90 Å². The first-order chi connectivity index (χ1) is 8.24. The molecule has 1 rings (SSSR count). The Bertz CT molecular complexity index is 338. The van der Waals surface area contributed by atoms with Gasteiger partial charge in [0, 0.05) is 19.0 Å². The van der Waals surface area contributed by atoms with Crippen molar-refractivity contribution in [1.29, 1.82) is 5.26 Å². The zero-order chi connectivity index (χ0) is 12.5. The first-order valence-electron chi connectivity index (χ1n) is 6.39. The Morgan fingerprint density at radius 1 is 1.18 bits per heavy atom. The SMILES string of the molecule is CC(C)N(CCC#N)CCCc1ccccc1. The molecule has 0 saturated heterocycles. The number of aryl methyl sites for hydroxylation is 1. The van der Waals surface area contributed by atoms with Gasteiger partial charge in [0.1, 0.15) is 0 Å². The van der Waals surface area contributed by atoms with Crippen molar-refractivity contribution in [3.63, 3.8) is 0 Å². The second-order valence-electron chi connectivity index (χ2n) is 4.63. The molecule has 2 nitrogen and oxygen atoms in total. The highest BCUT2D eigenvalue weighted by Crippen LogP contribution is 2.06. The quantitative estimate of drug-likeness (QED) is 0.719. The zero-order valence-corrected chi connectivity index (χ0v) is 10.9. The van der Waals surface area contributed by atoms with Crippen LogP contribution in [0.4, 0.5) is 0 Å². The molecule has 0 atom stereocenters. The summed E-state index contributed by atoms with van der Waals surface area (Å²) in [6.07, 6.45) is 2.91. The van der Waals surface area contributed by atoms with Crippen molar-refractivity contribution in [3.05, 3.63) is 35.9 Å². The van der Waals surface area contributed by atoms with Gasteiger partial charge < -0.3 is 0 Å². The summed E-state index contributed by atoms with van der Waals surface area (Å²) in [5.74, 6) is 0.